The summed E-state index contributed by atoms with van der Waals surface area (Å²) < 4.78 is 0. The second-order valence-corrected chi connectivity index (χ2v) is 7.15. The molecule has 1 aliphatic rings. The van der Waals surface area contributed by atoms with Gasteiger partial charge in [0.15, 0.2) is 0 Å². The average molecular weight is 384 g/mol. The zero-order valence-electron chi connectivity index (χ0n) is 16.2. The number of hydrogen-bond acceptors (Lipinski definition) is 3. The maximum Gasteiger partial charge on any atom is 0.266 e. The van der Waals surface area contributed by atoms with Gasteiger partial charge in [-0.1, -0.05) is 48.0 Å². The van der Waals surface area contributed by atoms with Gasteiger partial charge in [-0.3, -0.25) is 14.4 Å². The molecule has 3 aromatic rings. The first kappa shape index (κ1) is 18.6. The van der Waals surface area contributed by atoms with Gasteiger partial charge in [0.1, 0.15) is 0 Å². The molecule has 0 aliphatic carbocycles. The standard InChI is InChI=1S/C24H20N2O3/c1-15-8-11-19(12-9-15)26-23(28)20-13-10-18(14-21(20)24(26)29)22(27)25-16(2)17-6-4-3-5-7-17/h3-14,16H,1-2H3,(H,25,27)/t16-/m1/s1. The van der Waals surface area contributed by atoms with Gasteiger partial charge in [0.2, 0.25) is 0 Å². The van der Waals surface area contributed by atoms with Crippen LogP contribution < -0.4 is 10.2 Å². The molecule has 1 N–H and O–H groups in total. The molecular weight excluding hydrogens is 364 g/mol. The largest absolute Gasteiger partial charge is 0.346 e. The SMILES string of the molecule is Cc1ccc(N2C(=O)c3ccc(C(=O)N[C@H](C)c4ccccc4)cc3C2=O)cc1. The highest BCUT2D eigenvalue weighted by molar-refractivity contribution is 6.34. The van der Waals surface area contributed by atoms with Crippen molar-refractivity contribution in [1.29, 1.82) is 0 Å². The van der Waals surface area contributed by atoms with E-state index in [4.69, 9.17) is 0 Å². The van der Waals surface area contributed by atoms with Gasteiger partial charge >= 0.3 is 0 Å². The van der Waals surface area contributed by atoms with Gasteiger partial charge in [-0.2, -0.15) is 0 Å². The highest BCUT2D eigenvalue weighted by atomic mass is 16.2. The van der Waals surface area contributed by atoms with Gasteiger partial charge in [0.05, 0.1) is 22.9 Å². The molecule has 4 rings (SSSR count). The molecule has 1 aliphatic heterocycles. The molecule has 0 saturated heterocycles. The number of fused-ring (bicyclic) bond motifs is 1. The summed E-state index contributed by atoms with van der Waals surface area (Å²) in [5.41, 5.74) is 3.44. The summed E-state index contributed by atoms with van der Waals surface area (Å²) in [5, 5.41) is 2.93. The van der Waals surface area contributed by atoms with Gasteiger partial charge < -0.3 is 5.32 Å². The number of aryl methyl sites for hydroxylation is 1. The molecule has 3 aromatic carbocycles. The summed E-state index contributed by atoms with van der Waals surface area (Å²) >= 11 is 0. The third-order valence-electron chi connectivity index (χ3n) is 5.09. The Bertz CT molecular complexity index is 1100. The summed E-state index contributed by atoms with van der Waals surface area (Å²) in [4.78, 5) is 39.5. The Labute approximate surface area is 169 Å². The van der Waals surface area contributed by atoms with Crippen LogP contribution in [0.1, 0.15) is 55.2 Å². The lowest BCUT2D eigenvalue weighted by molar-refractivity contribution is 0.0922. The Morgan fingerprint density at radius 1 is 0.862 bits per heavy atom. The summed E-state index contributed by atoms with van der Waals surface area (Å²) in [7, 11) is 0. The van der Waals surface area contributed by atoms with Crippen LogP contribution in [0.25, 0.3) is 0 Å². The summed E-state index contributed by atoms with van der Waals surface area (Å²) in [6.07, 6.45) is 0. The first-order valence-corrected chi connectivity index (χ1v) is 9.41. The predicted octanol–water partition coefficient (Wildman–Crippen LogP) is 4.29. The van der Waals surface area contributed by atoms with Crippen molar-refractivity contribution >= 4 is 23.4 Å². The Morgan fingerprint density at radius 2 is 1.52 bits per heavy atom. The molecule has 0 fully saturated rings. The third kappa shape index (κ3) is 3.43. The number of imide groups is 1. The van der Waals surface area contributed by atoms with Crippen molar-refractivity contribution in [2.75, 3.05) is 4.90 Å². The number of carbonyl (C=O) groups excluding carboxylic acids is 3. The molecule has 5 nitrogen and oxygen atoms in total. The zero-order chi connectivity index (χ0) is 20.5. The minimum atomic E-state index is -0.417. The highest BCUT2D eigenvalue weighted by Crippen LogP contribution is 2.29. The molecule has 5 heteroatoms. The monoisotopic (exact) mass is 384 g/mol. The molecule has 0 bridgehead atoms. The van der Waals surface area contributed by atoms with E-state index in [2.05, 4.69) is 5.32 Å². The smallest absolute Gasteiger partial charge is 0.266 e. The van der Waals surface area contributed by atoms with Crippen LogP contribution in [0.2, 0.25) is 0 Å². The molecule has 0 spiro atoms. The number of nitrogens with zero attached hydrogens (tertiary/aromatic N) is 1. The molecule has 1 heterocycles. The molecule has 29 heavy (non-hydrogen) atoms. The summed E-state index contributed by atoms with van der Waals surface area (Å²) in [6, 6.07) is 21.3. The number of nitrogens with one attached hydrogen (secondary N) is 1. The first-order valence-electron chi connectivity index (χ1n) is 9.41. The van der Waals surface area contributed by atoms with E-state index in [0.29, 0.717) is 16.8 Å². The molecule has 144 valence electrons. The van der Waals surface area contributed by atoms with Crippen molar-refractivity contribution in [3.63, 3.8) is 0 Å². The summed E-state index contributed by atoms with van der Waals surface area (Å²) in [5.74, 6) is -1.09. The van der Waals surface area contributed by atoms with E-state index in [1.807, 2.05) is 56.3 Å². The lowest BCUT2D eigenvalue weighted by Gasteiger charge is -2.14. The van der Waals surface area contributed by atoms with E-state index in [1.54, 1.807) is 24.3 Å². The van der Waals surface area contributed by atoms with Gasteiger partial charge in [-0.05, 0) is 49.7 Å². The maximum atomic E-state index is 12.9. The molecule has 0 radical (unpaired) electrons. The maximum absolute atomic E-state index is 12.9. The third-order valence-corrected chi connectivity index (χ3v) is 5.09. The summed E-state index contributed by atoms with van der Waals surface area (Å²) in [6.45, 7) is 3.84. The van der Waals surface area contributed by atoms with E-state index < -0.39 is 5.91 Å². The van der Waals surface area contributed by atoms with Crippen LogP contribution in [-0.4, -0.2) is 17.7 Å². The lowest BCUT2D eigenvalue weighted by Crippen LogP contribution is -2.29. The van der Waals surface area contributed by atoms with Gasteiger partial charge in [-0.25, -0.2) is 4.90 Å². The highest BCUT2D eigenvalue weighted by Gasteiger charge is 2.37. The van der Waals surface area contributed by atoms with Crippen LogP contribution in [0.4, 0.5) is 5.69 Å². The quantitative estimate of drug-likeness (QED) is 0.683. The molecule has 3 amide bonds. The van der Waals surface area contributed by atoms with Crippen LogP contribution in [0.15, 0.2) is 72.8 Å². The Balaban J connectivity index is 1.58. The van der Waals surface area contributed by atoms with Crippen molar-refractivity contribution in [1.82, 2.24) is 5.32 Å². The lowest BCUT2D eigenvalue weighted by atomic mass is 10.0. The second-order valence-electron chi connectivity index (χ2n) is 7.15. The van der Waals surface area contributed by atoms with Crippen LogP contribution in [0.3, 0.4) is 0 Å². The van der Waals surface area contributed by atoms with Crippen molar-refractivity contribution in [2.45, 2.75) is 19.9 Å². The van der Waals surface area contributed by atoms with Gasteiger partial charge in [0.25, 0.3) is 17.7 Å². The van der Waals surface area contributed by atoms with E-state index in [9.17, 15) is 14.4 Å². The Kier molecular flexibility index (Phi) is 4.72. The number of anilines is 1. The number of amides is 3. The van der Waals surface area contributed by atoms with E-state index in [1.165, 1.54) is 6.07 Å². The normalized spacial score (nSPS) is 13.9. The van der Waals surface area contributed by atoms with E-state index >= 15 is 0 Å². The number of carbonyl (C=O) groups is 3. The average Bonchev–Trinajstić information content (AvgIpc) is 2.99. The Hall–Kier alpha value is -3.73. The van der Waals surface area contributed by atoms with Crippen molar-refractivity contribution in [2.24, 2.45) is 0 Å². The molecule has 0 aromatic heterocycles. The van der Waals surface area contributed by atoms with Crippen LogP contribution in [0.5, 0.6) is 0 Å². The topological polar surface area (TPSA) is 66.5 Å². The zero-order valence-corrected chi connectivity index (χ0v) is 16.2. The van der Waals surface area contributed by atoms with Gasteiger partial charge in [-0.15, -0.1) is 0 Å². The molecule has 1 atom stereocenters. The van der Waals surface area contributed by atoms with Crippen molar-refractivity contribution in [3.05, 3.63) is 101 Å². The minimum absolute atomic E-state index is 0.182. The van der Waals surface area contributed by atoms with E-state index in [-0.39, 0.29) is 23.4 Å². The molecule has 0 saturated carbocycles. The predicted molar refractivity (Wildman–Crippen MR) is 111 cm³/mol. The number of benzene rings is 3. The Morgan fingerprint density at radius 3 is 2.21 bits per heavy atom. The second kappa shape index (κ2) is 7.36. The van der Waals surface area contributed by atoms with Gasteiger partial charge in [0, 0.05) is 5.56 Å². The molecule has 0 unspecified atom stereocenters. The fourth-order valence-corrected chi connectivity index (χ4v) is 3.42. The first-order chi connectivity index (χ1) is 14.0. The van der Waals surface area contributed by atoms with Crippen LogP contribution in [0, 0.1) is 6.92 Å². The van der Waals surface area contributed by atoms with E-state index in [0.717, 1.165) is 16.0 Å². The minimum Gasteiger partial charge on any atom is -0.346 e. The fourth-order valence-electron chi connectivity index (χ4n) is 3.42. The number of rotatable bonds is 4. The van der Waals surface area contributed by atoms with Crippen LogP contribution >= 0.6 is 0 Å². The van der Waals surface area contributed by atoms with Crippen molar-refractivity contribution < 1.29 is 14.4 Å². The number of hydrogen-bond donors (Lipinski definition) is 1. The molecular formula is C24H20N2O3. The van der Waals surface area contributed by atoms with Crippen molar-refractivity contribution in [3.8, 4) is 0 Å². The fraction of sp³-hybridized carbons (Fsp3) is 0.125. The van der Waals surface area contributed by atoms with Crippen LogP contribution in [-0.2, 0) is 0 Å².